The van der Waals surface area contributed by atoms with Crippen LogP contribution in [0.25, 0.3) is 6.08 Å². The molecule has 29 heavy (non-hydrogen) atoms. The zero-order valence-corrected chi connectivity index (χ0v) is 18.8. The number of nitro groups is 2. The van der Waals surface area contributed by atoms with E-state index < -0.39 is 26.7 Å². The maximum atomic E-state index is 11.7. The van der Waals surface area contributed by atoms with Gasteiger partial charge in [-0.2, -0.15) is 0 Å². The summed E-state index contributed by atoms with van der Waals surface area (Å²) >= 11 is 7.12. The summed E-state index contributed by atoms with van der Waals surface area (Å²) in [4.78, 5) is 23.5. The van der Waals surface area contributed by atoms with Crippen molar-refractivity contribution in [3.63, 3.8) is 0 Å². The molecule has 2 aliphatic rings. The molecule has 150 valence electrons. The number of halogens is 2. The molecule has 2 aromatic carbocycles. The highest BCUT2D eigenvalue weighted by atomic mass is 79.9. The molecule has 2 heterocycles. The average molecular weight is 525 g/mol. The number of rotatable bonds is 2. The Kier molecular flexibility index (Phi) is 4.29. The fourth-order valence-corrected chi connectivity index (χ4v) is 5.66. The summed E-state index contributed by atoms with van der Waals surface area (Å²) in [7, 11) is 1.86. The van der Waals surface area contributed by atoms with E-state index in [2.05, 4.69) is 31.9 Å². The minimum Gasteiger partial charge on any atom is -0.456 e. The van der Waals surface area contributed by atoms with Crippen molar-refractivity contribution in [1.82, 2.24) is 0 Å². The SMILES string of the molecule is CN1c2c(Br)cc(Br)cc2C(C)(C)C12C=Cc1cc([N+](=O)[O-])cc([N+](=O)[O-])c1O2. The van der Waals surface area contributed by atoms with Gasteiger partial charge in [-0.25, -0.2) is 0 Å². The van der Waals surface area contributed by atoms with Crippen LogP contribution in [-0.4, -0.2) is 22.6 Å². The molecule has 0 radical (unpaired) electrons. The summed E-state index contributed by atoms with van der Waals surface area (Å²) in [5, 5.41) is 22.8. The molecule has 0 N–H and O–H groups in total. The lowest BCUT2D eigenvalue weighted by molar-refractivity contribution is -0.395. The Bertz CT molecular complexity index is 1130. The van der Waals surface area contributed by atoms with E-state index in [1.54, 1.807) is 6.08 Å². The molecule has 1 spiro atoms. The van der Waals surface area contributed by atoms with Crippen LogP contribution in [0.15, 0.2) is 39.3 Å². The van der Waals surface area contributed by atoms with Gasteiger partial charge in [0.15, 0.2) is 0 Å². The van der Waals surface area contributed by atoms with Crippen LogP contribution in [0.4, 0.5) is 17.1 Å². The molecule has 0 saturated carbocycles. The van der Waals surface area contributed by atoms with E-state index >= 15 is 0 Å². The van der Waals surface area contributed by atoms with Crippen molar-refractivity contribution in [1.29, 1.82) is 0 Å². The van der Waals surface area contributed by atoms with Crippen molar-refractivity contribution < 1.29 is 14.6 Å². The Hall–Kier alpha value is -2.46. The topological polar surface area (TPSA) is 98.8 Å². The molecule has 4 rings (SSSR count). The summed E-state index contributed by atoms with van der Waals surface area (Å²) in [6.07, 6.45) is 3.47. The number of nitrogens with zero attached hydrogens (tertiary/aromatic N) is 3. The zero-order chi connectivity index (χ0) is 21.3. The van der Waals surface area contributed by atoms with E-state index in [4.69, 9.17) is 4.74 Å². The first-order chi connectivity index (χ1) is 13.5. The first kappa shape index (κ1) is 19.8. The lowest BCUT2D eigenvalue weighted by Crippen LogP contribution is -2.58. The number of ether oxygens (including phenoxy) is 1. The highest BCUT2D eigenvalue weighted by molar-refractivity contribution is 9.11. The normalized spacial score (nSPS) is 20.9. The lowest BCUT2D eigenvalue weighted by Gasteiger charge is -2.45. The van der Waals surface area contributed by atoms with E-state index in [1.165, 1.54) is 6.07 Å². The first-order valence-corrected chi connectivity index (χ1v) is 10.2. The van der Waals surface area contributed by atoms with Gasteiger partial charge in [0.05, 0.1) is 27.0 Å². The minimum absolute atomic E-state index is 0.0195. The van der Waals surface area contributed by atoms with Crippen LogP contribution < -0.4 is 9.64 Å². The summed E-state index contributed by atoms with van der Waals surface area (Å²) in [5.41, 5.74) is -0.210. The molecule has 0 saturated heterocycles. The van der Waals surface area contributed by atoms with Crippen LogP contribution in [0.3, 0.4) is 0 Å². The van der Waals surface area contributed by atoms with Crippen molar-refractivity contribution in [3.8, 4) is 5.75 Å². The van der Waals surface area contributed by atoms with Gasteiger partial charge in [0.2, 0.25) is 11.5 Å². The molecule has 1 atom stereocenters. The van der Waals surface area contributed by atoms with Gasteiger partial charge in [-0.1, -0.05) is 15.9 Å². The maximum Gasteiger partial charge on any atom is 0.318 e. The van der Waals surface area contributed by atoms with E-state index in [0.717, 1.165) is 26.3 Å². The predicted molar refractivity (Wildman–Crippen MR) is 115 cm³/mol. The molecule has 0 fully saturated rings. The van der Waals surface area contributed by atoms with E-state index in [-0.39, 0.29) is 11.4 Å². The summed E-state index contributed by atoms with van der Waals surface area (Å²) < 4.78 is 8.10. The van der Waals surface area contributed by atoms with Crippen molar-refractivity contribution in [3.05, 3.63) is 70.6 Å². The first-order valence-electron chi connectivity index (χ1n) is 8.58. The van der Waals surface area contributed by atoms with Gasteiger partial charge < -0.3 is 9.64 Å². The summed E-state index contributed by atoms with van der Waals surface area (Å²) in [6.45, 7) is 4.00. The number of hydrogen-bond donors (Lipinski definition) is 0. The van der Waals surface area contributed by atoms with Crippen LogP contribution in [0.2, 0.25) is 0 Å². The molecule has 2 aliphatic heterocycles. The molecular formula is C19H15Br2N3O5. The molecule has 10 heteroatoms. The van der Waals surface area contributed by atoms with E-state index in [9.17, 15) is 20.2 Å². The number of fused-ring (bicyclic) bond motifs is 2. The van der Waals surface area contributed by atoms with Gasteiger partial charge in [0, 0.05) is 27.6 Å². The Labute approximate surface area is 182 Å². The lowest BCUT2D eigenvalue weighted by atomic mass is 9.76. The van der Waals surface area contributed by atoms with Gasteiger partial charge in [0.25, 0.3) is 5.69 Å². The van der Waals surface area contributed by atoms with Crippen LogP contribution in [-0.2, 0) is 5.41 Å². The van der Waals surface area contributed by atoms with Crippen LogP contribution in [0.5, 0.6) is 5.75 Å². The molecular weight excluding hydrogens is 510 g/mol. The number of anilines is 1. The monoisotopic (exact) mass is 523 g/mol. The van der Waals surface area contributed by atoms with Gasteiger partial charge in [-0.15, -0.1) is 0 Å². The minimum atomic E-state index is -1.05. The van der Waals surface area contributed by atoms with Crippen LogP contribution in [0.1, 0.15) is 25.0 Å². The van der Waals surface area contributed by atoms with Gasteiger partial charge in [-0.3, -0.25) is 20.2 Å². The largest absolute Gasteiger partial charge is 0.456 e. The summed E-state index contributed by atoms with van der Waals surface area (Å²) in [5.74, 6) is 0.0195. The van der Waals surface area contributed by atoms with Crippen LogP contribution >= 0.6 is 31.9 Å². The molecule has 2 aromatic rings. The quantitative estimate of drug-likeness (QED) is 0.377. The zero-order valence-electron chi connectivity index (χ0n) is 15.6. The van der Waals surface area contributed by atoms with Gasteiger partial charge >= 0.3 is 5.69 Å². The number of nitro benzene ring substituents is 2. The molecule has 0 aliphatic carbocycles. The molecule has 0 aromatic heterocycles. The Morgan fingerprint density at radius 3 is 2.38 bits per heavy atom. The third kappa shape index (κ3) is 2.62. The van der Waals surface area contributed by atoms with E-state index in [1.807, 2.05) is 44.0 Å². The molecule has 8 nitrogen and oxygen atoms in total. The van der Waals surface area contributed by atoms with Crippen molar-refractivity contribution in [2.24, 2.45) is 0 Å². The molecule has 0 amide bonds. The van der Waals surface area contributed by atoms with Crippen molar-refractivity contribution in [2.75, 3.05) is 11.9 Å². The number of non-ortho nitro benzene ring substituents is 1. The third-order valence-electron chi connectivity index (χ3n) is 5.67. The molecule has 1 unspecified atom stereocenters. The van der Waals surface area contributed by atoms with Crippen molar-refractivity contribution >= 4 is 55.0 Å². The Morgan fingerprint density at radius 1 is 1.07 bits per heavy atom. The second-order valence-electron chi connectivity index (χ2n) is 7.50. The van der Waals surface area contributed by atoms with Crippen LogP contribution in [0, 0.1) is 20.2 Å². The van der Waals surface area contributed by atoms with Gasteiger partial charge in [-0.05, 0) is 59.6 Å². The second kappa shape index (κ2) is 6.27. The smallest absolute Gasteiger partial charge is 0.318 e. The number of hydrogen-bond acceptors (Lipinski definition) is 6. The van der Waals surface area contributed by atoms with Gasteiger partial charge in [0.1, 0.15) is 0 Å². The predicted octanol–water partition coefficient (Wildman–Crippen LogP) is 5.56. The maximum absolute atomic E-state index is 11.7. The van der Waals surface area contributed by atoms with E-state index in [0.29, 0.717) is 5.56 Å². The number of likely N-dealkylation sites (N-methyl/N-ethyl adjacent to an activating group) is 1. The highest BCUT2D eigenvalue weighted by Crippen LogP contribution is 2.57. The van der Waals surface area contributed by atoms with Crippen molar-refractivity contribution in [2.45, 2.75) is 25.0 Å². The highest BCUT2D eigenvalue weighted by Gasteiger charge is 2.59. The molecule has 0 bridgehead atoms. The third-order valence-corrected chi connectivity index (χ3v) is 6.73. The second-order valence-corrected chi connectivity index (χ2v) is 9.27. The fourth-order valence-electron chi connectivity index (χ4n) is 4.17. The average Bonchev–Trinajstić information content (AvgIpc) is 2.79. The Morgan fingerprint density at radius 2 is 1.76 bits per heavy atom. The summed E-state index contributed by atoms with van der Waals surface area (Å²) in [6, 6.07) is 6.15. The number of benzene rings is 2. The Balaban J connectivity index is 1.95. The standard InChI is InChI=1S/C19H15Br2N3O5/c1-18(2)13-7-11(20)8-14(21)16(13)22(3)19(18)5-4-10-6-12(23(25)26)9-15(24(27)28)17(10)29-19/h4-9H,1-3H3. The fraction of sp³-hybridized carbons (Fsp3) is 0.263.